The Bertz CT molecular complexity index is 1140. The lowest BCUT2D eigenvalue weighted by Crippen LogP contribution is -2.41. The zero-order chi connectivity index (χ0) is 20.5. The van der Waals surface area contributed by atoms with Crippen molar-refractivity contribution in [2.24, 2.45) is 0 Å². The zero-order valence-corrected chi connectivity index (χ0v) is 16.1. The molecular weight excluding hydrogens is 394 g/mol. The number of aromatic hydroxyl groups is 1. The molecule has 1 aliphatic heterocycles. The van der Waals surface area contributed by atoms with Crippen molar-refractivity contribution in [2.45, 2.75) is 25.4 Å². The van der Waals surface area contributed by atoms with Gasteiger partial charge in [-0.2, -0.15) is 0 Å². The van der Waals surface area contributed by atoms with Crippen LogP contribution in [-0.2, 0) is 16.1 Å². The third-order valence-electron chi connectivity index (χ3n) is 5.00. The lowest BCUT2D eigenvalue weighted by atomic mass is 10.1. The average Bonchev–Trinajstić information content (AvgIpc) is 3.02. The molecule has 3 amide bonds. The minimum atomic E-state index is -0.636. The van der Waals surface area contributed by atoms with E-state index in [1.54, 1.807) is 42.6 Å². The van der Waals surface area contributed by atoms with Crippen LogP contribution in [0, 0.1) is 0 Å². The fourth-order valence-electron chi connectivity index (χ4n) is 3.49. The number of imide groups is 1. The highest BCUT2D eigenvalue weighted by Gasteiger charge is 2.30. The van der Waals surface area contributed by atoms with Gasteiger partial charge in [0.15, 0.2) is 5.88 Å². The molecule has 4 rings (SSSR count). The number of halogens is 1. The summed E-state index contributed by atoms with van der Waals surface area (Å²) in [5.74, 6) is -1.04. The molecule has 148 valence electrons. The van der Waals surface area contributed by atoms with Crippen LogP contribution in [0.4, 0.5) is 0 Å². The van der Waals surface area contributed by atoms with Gasteiger partial charge in [-0.25, -0.2) is 0 Å². The summed E-state index contributed by atoms with van der Waals surface area (Å²) in [6, 6.07) is 11.5. The van der Waals surface area contributed by atoms with Crippen molar-refractivity contribution in [1.82, 2.24) is 15.2 Å². The standard InChI is InChI=1S/C21H18ClN3O4/c22-16-4-2-1-3-15(16)19(27)23-10-12-5-6-14-13(9-12)11-25(21(14)29)17-7-8-18(26)24-20(17)28/h1-6,9,11,17,29H,7-8,10H2,(H,23,27)(H,24,26,28). The number of rotatable bonds is 4. The van der Waals surface area contributed by atoms with Gasteiger partial charge in [0.05, 0.1) is 10.6 Å². The minimum Gasteiger partial charge on any atom is -0.494 e. The summed E-state index contributed by atoms with van der Waals surface area (Å²) in [5, 5.41) is 17.4. The fraction of sp³-hybridized carbons (Fsp3) is 0.190. The van der Waals surface area contributed by atoms with E-state index in [1.807, 2.05) is 6.07 Å². The van der Waals surface area contributed by atoms with Crippen LogP contribution in [0.3, 0.4) is 0 Å². The molecule has 3 N–H and O–H groups in total. The second kappa shape index (κ2) is 7.60. The van der Waals surface area contributed by atoms with Crippen LogP contribution in [-0.4, -0.2) is 27.4 Å². The highest BCUT2D eigenvalue weighted by molar-refractivity contribution is 6.33. The third kappa shape index (κ3) is 3.69. The molecule has 0 spiro atoms. The first kappa shape index (κ1) is 19.0. The molecule has 29 heavy (non-hydrogen) atoms. The van der Waals surface area contributed by atoms with Gasteiger partial charge in [-0.15, -0.1) is 0 Å². The first-order valence-corrected chi connectivity index (χ1v) is 9.50. The highest BCUT2D eigenvalue weighted by Crippen LogP contribution is 2.33. The van der Waals surface area contributed by atoms with Gasteiger partial charge in [0.2, 0.25) is 11.8 Å². The van der Waals surface area contributed by atoms with Gasteiger partial charge in [0.1, 0.15) is 6.04 Å². The van der Waals surface area contributed by atoms with Gasteiger partial charge in [0, 0.05) is 29.9 Å². The van der Waals surface area contributed by atoms with Gasteiger partial charge >= 0.3 is 0 Å². The summed E-state index contributed by atoms with van der Waals surface area (Å²) in [7, 11) is 0. The Kier molecular flexibility index (Phi) is 4.98. The van der Waals surface area contributed by atoms with Gasteiger partial charge in [-0.3, -0.25) is 19.7 Å². The maximum Gasteiger partial charge on any atom is 0.253 e. The molecule has 0 bridgehead atoms. The Morgan fingerprint density at radius 3 is 2.79 bits per heavy atom. The molecule has 1 saturated heterocycles. The molecule has 0 saturated carbocycles. The van der Waals surface area contributed by atoms with Crippen LogP contribution in [0.2, 0.25) is 5.02 Å². The van der Waals surface area contributed by atoms with Crippen LogP contribution >= 0.6 is 11.6 Å². The number of hydrogen-bond donors (Lipinski definition) is 3. The molecule has 1 aromatic heterocycles. The maximum absolute atomic E-state index is 12.3. The molecule has 7 nitrogen and oxygen atoms in total. The van der Waals surface area contributed by atoms with E-state index in [9.17, 15) is 19.5 Å². The Morgan fingerprint density at radius 2 is 2.03 bits per heavy atom. The highest BCUT2D eigenvalue weighted by atomic mass is 35.5. The second-order valence-electron chi connectivity index (χ2n) is 6.91. The van der Waals surface area contributed by atoms with Gasteiger partial charge < -0.3 is 15.0 Å². The first-order chi connectivity index (χ1) is 13.9. The zero-order valence-electron chi connectivity index (χ0n) is 15.3. The number of hydrogen-bond acceptors (Lipinski definition) is 4. The van der Waals surface area contributed by atoms with E-state index in [0.29, 0.717) is 22.4 Å². The van der Waals surface area contributed by atoms with Gasteiger partial charge in [0.25, 0.3) is 5.91 Å². The summed E-state index contributed by atoms with van der Waals surface area (Å²) in [4.78, 5) is 35.8. The van der Waals surface area contributed by atoms with E-state index in [0.717, 1.165) is 10.9 Å². The number of nitrogens with zero attached hydrogens (tertiary/aromatic N) is 1. The number of carbonyl (C=O) groups excluding carboxylic acids is 3. The van der Waals surface area contributed by atoms with E-state index >= 15 is 0 Å². The lowest BCUT2D eigenvalue weighted by Gasteiger charge is -2.22. The van der Waals surface area contributed by atoms with Crippen molar-refractivity contribution in [3.8, 4) is 5.88 Å². The first-order valence-electron chi connectivity index (χ1n) is 9.13. The van der Waals surface area contributed by atoms with E-state index in [2.05, 4.69) is 10.6 Å². The van der Waals surface area contributed by atoms with Crippen molar-refractivity contribution >= 4 is 40.1 Å². The van der Waals surface area contributed by atoms with Crippen molar-refractivity contribution < 1.29 is 19.5 Å². The molecule has 0 radical (unpaired) electrons. The molecule has 8 heteroatoms. The van der Waals surface area contributed by atoms with E-state index < -0.39 is 11.9 Å². The van der Waals surface area contributed by atoms with E-state index in [1.165, 1.54) is 4.57 Å². The predicted octanol–water partition coefficient (Wildman–Crippen LogP) is 2.91. The Labute approximate surface area is 171 Å². The number of piperidine rings is 1. The summed E-state index contributed by atoms with van der Waals surface area (Å²) in [6.45, 7) is 0.282. The van der Waals surface area contributed by atoms with Crippen molar-refractivity contribution in [2.75, 3.05) is 0 Å². The number of amides is 3. The van der Waals surface area contributed by atoms with Gasteiger partial charge in [-0.1, -0.05) is 29.8 Å². The summed E-state index contributed by atoms with van der Waals surface area (Å²) in [6.07, 6.45) is 2.24. The summed E-state index contributed by atoms with van der Waals surface area (Å²) in [5.41, 5.74) is 1.23. The number of carbonyl (C=O) groups is 3. The average molecular weight is 412 g/mol. The molecule has 2 heterocycles. The van der Waals surface area contributed by atoms with Crippen LogP contribution in [0.15, 0.2) is 48.7 Å². The monoisotopic (exact) mass is 411 g/mol. The predicted molar refractivity (Wildman–Crippen MR) is 108 cm³/mol. The number of aromatic nitrogens is 1. The Hall–Kier alpha value is -3.32. The number of fused-ring (bicyclic) bond motifs is 1. The second-order valence-corrected chi connectivity index (χ2v) is 7.32. The van der Waals surface area contributed by atoms with Gasteiger partial charge in [-0.05, 0) is 36.2 Å². The Morgan fingerprint density at radius 1 is 1.24 bits per heavy atom. The molecule has 2 aromatic carbocycles. The largest absolute Gasteiger partial charge is 0.494 e. The molecule has 1 atom stereocenters. The number of benzene rings is 2. The van der Waals surface area contributed by atoms with Crippen molar-refractivity contribution in [3.05, 3.63) is 64.8 Å². The quantitative estimate of drug-likeness (QED) is 0.574. The third-order valence-corrected chi connectivity index (χ3v) is 5.33. The fourth-order valence-corrected chi connectivity index (χ4v) is 3.71. The maximum atomic E-state index is 12.3. The molecular formula is C21H18ClN3O4. The van der Waals surface area contributed by atoms with Crippen LogP contribution in [0.1, 0.15) is 34.8 Å². The van der Waals surface area contributed by atoms with Crippen LogP contribution < -0.4 is 10.6 Å². The summed E-state index contributed by atoms with van der Waals surface area (Å²) < 4.78 is 1.48. The normalized spacial score (nSPS) is 16.7. The number of nitrogens with one attached hydrogen (secondary N) is 2. The molecule has 1 unspecified atom stereocenters. The lowest BCUT2D eigenvalue weighted by molar-refractivity contribution is -0.135. The molecule has 1 fully saturated rings. The topological polar surface area (TPSA) is 100 Å². The smallest absolute Gasteiger partial charge is 0.253 e. The van der Waals surface area contributed by atoms with Crippen LogP contribution in [0.25, 0.3) is 10.8 Å². The van der Waals surface area contributed by atoms with Crippen LogP contribution in [0.5, 0.6) is 5.88 Å². The SMILES string of the molecule is O=C1CCC(n2cc3cc(CNC(=O)c4ccccc4Cl)ccc3c2O)C(=O)N1. The van der Waals surface area contributed by atoms with E-state index in [4.69, 9.17) is 11.6 Å². The molecule has 3 aromatic rings. The molecule has 1 aliphatic rings. The minimum absolute atomic E-state index is 0.0267. The van der Waals surface area contributed by atoms with Crippen molar-refractivity contribution in [3.63, 3.8) is 0 Å². The van der Waals surface area contributed by atoms with E-state index in [-0.39, 0.29) is 30.7 Å². The molecule has 0 aliphatic carbocycles. The Balaban J connectivity index is 1.54. The summed E-state index contributed by atoms with van der Waals surface area (Å²) >= 11 is 6.05. The van der Waals surface area contributed by atoms with Crippen molar-refractivity contribution in [1.29, 1.82) is 0 Å².